The molecular weight excluding hydrogens is 266 g/mol. The van der Waals surface area contributed by atoms with Gasteiger partial charge in [-0.15, -0.1) is 0 Å². The molecule has 0 saturated heterocycles. The Hall–Kier alpha value is -2.76. The van der Waals surface area contributed by atoms with Crippen LogP contribution in [0.15, 0.2) is 41.3 Å². The van der Waals surface area contributed by atoms with Crippen molar-refractivity contribution in [1.29, 1.82) is 0 Å². The predicted molar refractivity (Wildman–Crippen MR) is 82.4 cm³/mol. The Morgan fingerprint density at radius 2 is 1.95 bits per heavy atom. The largest absolute Gasteiger partial charge is 0.384 e. The Morgan fingerprint density at radius 3 is 2.52 bits per heavy atom. The minimum absolute atomic E-state index is 0.0646. The topological polar surface area (TPSA) is 70.8 Å². The number of hydrogen-bond donors (Lipinski definition) is 1. The molecule has 6 heteroatoms. The number of imidazole rings is 1. The zero-order valence-corrected chi connectivity index (χ0v) is 12.2. The van der Waals surface area contributed by atoms with Gasteiger partial charge in [-0.25, -0.2) is 4.79 Å². The SMILES string of the molecule is Cc1cn(C)c(=O)n1-c1cccc(-c2cc(N)n(C)n2)c1. The molecule has 108 valence electrons. The normalized spacial score (nSPS) is 11.0. The van der Waals surface area contributed by atoms with Gasteiger partial charge < -0.3 is 10.3 Å². The van der Waals surface area contributed by atoms with Crippen molar-refractivity contribution in [3.63, 3.8) is 0 Å². The van der Waals surface area contributed by atoms with Crippen molar-refractivity contribution in [3.8, 4) is 16.9 Å². The molecule has 1 aromatic carbocycles. The number of aryl methyl sites for hydroxylation is 3. The van der Waals surface area contributed by atoms with E-state index in [1.54, 1.807) is 27.9 Å². The summed E-state index contributed by atoms with van der Waals surface area (Å²) in [7, 11) is 3.55. The van der Waals surface area contributed by atoms with E-state index >= 15 is 0 Å². The van der Waals surface area contributed by atoms with Crippen molar-refractivity contribution in [1.82, 2.24) is 18.9 Å². The first-order valence-electron chi connectivity index (χ1n) is 6.62. The van der Waals surface area contributed by atoms with Crippen molar-refractivity contribution >= 4 is 5.82 Å². The minimum atomic E-state index is -0.0646. The zero-order chi connectivity index (χ0) is 15.1. The van der Waals surface area contributed by atoms with Gasteiger partial charge >= 0.3 is 5.69 Å². The summed E-state index contributed by atoms with van der Waals surface area (Å²) in [5.74, 6) is 0.600. The second-order valence-electron chi connectivity index (χ2n) is 5.13. The summed E-state index contributed by atoms with van der Waals surface area (Å²) in [6, 6.07) is 9.53. The van der Waals surface area contributed by atoms with Crippen LogP contribution in [0.1, 0.15) is 5.69 Å². The highest BCUT2D eigenvalue weighted by molar-refractivity contribution is 5.65. The molecule has 3 aromatic rings. The summed E-state index contributed by atoms with van der Waals surface area (Å²) in [6.07, 6.45) is 1.81. The molecule has 0 bridgehead atoms. The van der Waals surface area contributed by atoms with E-state index in [1.165, 1.54) is 0 Å². The third-order valence-electron chi connectivity index (χ3n) is 3.54. The van der Waals surface area contributed by atoms with Crippen molar-refractivity contribution in [3.05, 3.63) is 52.7 Å². The van der Waals surface area contributed by atoms with E-state index < -0.39 is 0 Å². The standard InChI is InChI=1S/C15H17N5O/c1-10-9-18(2)15(21)20(10)12-6-4-5-11(7-12)13-8-14(16)19(3)17-13/h4-9H,16H2,1-3H3. The summed E-state index contributed by atoms with van der Waals surface area (Å²) in [4.78, 5) is 12.2. The van der Waals surface area contributed by atoms with E-state index in [9.17, 15) is 4.79 Å². The highest BCUT2D eigenvalue weighted by atomic mass is 16.1. The van der Waals surface area contributed by atoms with Crippen LogP contribution in [0.25, 0.3) is 16.9 Å². The third-order valence-corrected chi connectivity index (χ3v) is 3.54. The molecule has 0 amide bonds. The van der Waals surface area contributed by atoms with Gasteiger partial charge in [-0.3, -0.25) is 9.25 Å². The Labute approximate surface area is 122 Å². The lowest BCUT2D eigenvalue weighted by atomic mass is 10.1. The highest BCUT2D eigenvalue weighted by Gasteiger charge is 2.10. The fourth-order valence-corrected chi connectivity index (χ4v) is 2.44. The van der Waals surface area contributed by atoms with Crippen molar-refractivity contribution < 1.29 is 0 Å². The Kier molecular flexibility index (Phi) is 2.94. The summed E-state index contributed by atoms with van der Waals surface area (Å²) in [5, 5.41) is 4.36. The van der Waals surface area contributed by atoms with Gasteiger partial charge in [-0.2, -0.15) is 5.10 Å². The van der Waals surface area contributed by atoms with Crippen molar-refractivity contribution in [2.24, 2.45) is 14.1 Å². The van der Waals surface area contributed by atoms with E-state index in [-0.39, 0.29) is 5.69 Å². The van der Waals surface area contributed by atoms with Crippen LogP contribution in [-0.4, -0.2) is 18.9 Å². The fourth-order valence-electron chi connectivity index (χ4n) is 2.44. The lowest BCUT2D eigenvalue weighted by Gasteiger charge is -2.05. The average molecular weight is 283 g/mol. The molecule has 0 atom stereocenters. The molecule has 0 unspecified atom stereocenters. The molecule has 6 nitrogen and oxygen atoms in total. The number of nitrogen functional groups attached to an aromatic ring is 1. The summed E-state index contributed by atoms with van der Waals surface area (Å²) < 4.78 is 4.87. The first-order chi connectivity index (χ1) is 9.97. The van der Waals surface area contributed by atoms with Crippen LogP contribution in [0, 0.1) is 6.92 Å². The number of aromatic nitrogens is 4. The Balaban J connectivity index is 2.14. The number of nitrogens with two attached hydrogens (primary N) is 1. The molecule has 0 aliphatic carbocycles. The maximum absolute atomic E-state index is 12.2. The fraction of sp³-hybridized carbons (Fsp3) is 0.200. The van der Waals surface area contributed by atoms with Gasteiger partial charge in [0.25, 0.3) is 0 Å². The smallest absolute Gasteiger partial charge is 0.332 e. The maximum atomic E-state index is 12.2. The van der Waals surface area contributed by atoms with Gasteiger partial charge in [0.05, 0.1) is 11.4 Å². The second-order valence-corrected chi connectivity index (χ2v) is 5.13. The zero-order valence-electron chi connectivity index (χ0n) is 12.2. The van der Waals surface area contributed by atoms with Crippen LogP contribution in [0.5, 0.6) is 0 Å². The molecule has 0 radical (unpaired) electrons. The van der Waals surface area contributed by atoms with Crippen LogP contribution < -0.4 is 11.4 Å². The van der Waals surface area contributed by atoms with E-state index in [0.717, 1.165) is 22.6 Å². The molecular formula is C15H17N5O. The molecule has 21 heavy (non-hydrogen) atoms. The molecule has 2 aromatic heterocycles. The van der Waals surface area contributed by atoms with Gasteiger partial charge in [-0.1, -0.05) is 12.1 Å². The summed E-state index contributed by atoms with van der Waals surface area (Å²) >= 11 is 0. The lowest BCUT2D eigenvalue weighted by Crippen LogP contribution is -2.21. The minimum Gasteiger partial charge on any atom is -0.384 e. The first kappa shape index (κ1) is 13.2. The first-order valence-corrected chi connectivity index (χ1v) is 6.62. The maximum Gasteiger partial charge on any atom is 0.332 e. The highest BCUT2D eigenvalue weighted by Crippen LogP contribution is 2.22. The van der Waals surface area contributed by atoms with Crippen LogP contribution in [0.2, 0.25) is 0 Å². The number of anilines is 1. The number of benzene rings is 1. The van der Waals surface area contributed by atoms with Gasteiger partial charge in [0.1, 0.15) is 5.82 Å². The molecule has 0 spiro atoms. The molecule has 0 fully saturated rings. The number of hydrogen-bond acceptors (Lipinski definition) is 3. The summed E-state index contributed by atoms with van der Waals surface area (Å²) in [6.45, 7) is 1.91. The van der Waals surface area contributed by atoms with E-state index in [1.807, 2.05) is 43.5 Å². The second kappa shape index (κ2) is 4.66. The Bertz CT molecular complexity index is 849. The monoisotopic (exact) mass is 283 g/mol. The van der Waals surface area contributed by atoms with Gasteiger partial charge in [0.2, 0.25) is 0 Å². The van der Waals surface area contributed by atoms with Crippen molar-refractivity contribution in [2.75, 3.05) is 5.73 Å². The number of rotatable bonds is 2. The van der Waals surface area contributed by atoms with Crippen molar-refractivity contribution in [2.45, 2.75) is 6.92 Å². The van der Waals surface area contributed by atoms with E-state index in [2.05, 4.69) is 5.10 Å². The van der Waals surface area contributed by atoms with Crippen LogP contribution in [0.4, 0.5) is 5.82 Å². The van der Waals surface area contributed by atoms with Gasteiger partial charge in [0.15, 0.2) is 0 Å². The molecule has 0 aliphatic rings. The predicted octanol–water partition coefficient (Wildman–Crippen LogP) is 1.47. The van der Waals surface area contributed by atoms with E-state index in [4.69, 9.17) is 5.73 Å². The summed E-state index contributed by atoms with van der Waals surface area (Å²) in [5.41, 5.74) is 9.18. The molecule has 2 heterocycles. The average Bonchev–Trinajstić information content (AvgIpc) is 2.91. The lowest BCUT2D eigenvalue weighted by molar-refractivity contribution is 0.782. The van der Waals surface area contributed by atoms with Crippen LogP contribution in [-0.2, 0) is 14.1 Å². The van der Waals surface area contributed by atoms with Crippen LogP contribution >= 0.6 is 0 Å². The molecule has 2 N–H and O–H groups in total. The molecule has 3 rings (SSSR count). The van der Waals surface area contributed by atoms with Crippen LogP contribution in [0.3, 0.4) is 0 Å². The Morgan fingerprint density at radius 1 is 1.19 bits per heavy atom. The molecule has 0 aliphatic heterocycles. The third kappa shape index (κ3) is 2.14. The number of nitrogens with zero attached hydrogens (tertiary/aromatic N) is 4. The quantitative estimate of drug-likeness (QED) is 0.774. The van der Waals surface area contributed by atoms with Gasteiger partial charge in [0, 0.05) is 37.6 Å². The van der Waals surface area contributed by atoms with Gasteiger partial charge in [-0.05, 0) is 19.1 Å². The van der Waals surface area contributed by atoms with E-state index in [0.29, 0.717) is 5.82 Å². The molecule has 0 saturated carbocycles.